The molecule has 0 saturated carbocycles. The second-order valence-electron chi connectivity index (χ2n) is 7.99. The maximum absolute atomic E-state index is 11.3. The molecule has 0 saturated heterocycles. The minimum Gasteiger partial charge on any atom is -0.344 e. The Morgan fingerprint density at radius 3 is 2.32 bits per heavy atom. The second kappa shape index (κ2) is 9.57. The molecule has 11 heteroatoms. The summed E-state index contributed by atoms with van der Waals surface area (Å²) in [6.45, 7) is 4.27. The van der Waals surface area contributed by atoms with Crippen LogP contribution in [-0.2, 0) is 24.1 Å². The Morgan fingerprint density at radius 2 is 1.68 bits per heavy atom. The van der Waals surface area contributed by atoms with E-state index in [2.05, 4.69) is 31.8 Å². The van der Waals surface area contributed by atoms with E-state index in [-0.39, 0.29) is 6.54 Å². The summed E-state index contributed by atoms with van der Waals surface area (Å²) in [6, 6.07) is 7.94. The van der Waals surface area contributed by atoms with Crippen molar-refractivity contribution in [2.45, 2.75) is 6.42 Å². The van der Waals surface area contributed by atoms with Gasteiger partial charge in [-0.3, -0.25) is 9.36 Å². The topological polar surface area (TPSA) is 120 Å². The van der Waals surface area contributed by atoms with E-state index in [0.717, 1.165) is 34.1 Å². The van der Waals surface area contributed by atoms with Gasteiger partial charge in [0.2, 0.25) is 10.0 Å². The molecule has 0 aliphatic heterocycles. The number of benzene rings is 1. The van der Waals surface area contributed by atoms with Crippen molar-refractivity contribution in [2.24, 2.45) is 14.1 Å². The summed E-state index contributed by atoms with van der Waals surface area (Å²) in [4.78, 5) is 9.39. The molecule has 10 nitrogen and oxygen atoms in total. The molecule has 3 aromatic heterocycles. The van der Waals surface area contributed by atoms with Crippen LogP contribution < -0.4 is 10.0 Å². The molecule has 0 bridgehead atoms. The highest BCUT2D eigenvalue weighted by atomic mass is 32.2. The van der Waals surface area contributed by atoms with Crippen LogP contribution in [0.15, 0.2) is 67.5 Å². The molecule has 176 valence electrons. The van der Waals surface area contributed by atoms with Crippen molar-refractivity contribution in [3.63, 3.8) is 0 Å². The number of sulfonamides is 1. The van der Waals surface area contributed by atoms with Gasteiger partial charge in [0, 0.05) is 73.6 Å². The Balaban J connectivity index is 1.65. The molecular weight excluding hydrogens is 452 g/mol. The molecule has 1 aromatic carbocycles. The summed E-state index contributed by atoms with van der Waals surface area (Å²) in [5, 5.41) is 11.7. The molecule has 0 spiro atoms. The molecule has 0 atom stereocenters. The van der Waals surface area contributed by atoms with Crippen molar-refractivity contribution in [1.29, 1.82) is 0 Å². The van der Waals surface area contributed by atoms with E-state index in [9.17, 15) is 8.42 Å². The van der Waals surface area contributed by atoms with Crippen LogP contribution in [-0.4, -0.2) is 50.7 Å². The van der Waals surface area contributed by atoms with Crippen LogP contribution >= 0.6 is 0 Å². The van der Waals surface area contributed by atoms with Gasteiger partial charge in [-0.2, -0.15) is 10.2 Å². The van der Waals surface area contributed by atoms with E-state index < -0.39 is 10.0 Å². The van der Waals surface area contributed by atoms with Gasteiger partial charge in [-0.1, -0.05) is 24.8 Å². The van der Waals surface area contributed by atoms with E-state index in [4.69, 9.17) is 4.98 Å². The van der Waals surface area contributed by atoms with Crippen LogP contribution in [0.3, 0.4) is 0 Å². The van der Waals surface area contributed by atoms with Gasteiger partial charge >= 0.3 is 0 Å². The van der Waals surface area contributed by atoms with Crippen molar-refractivity contribution < 1.29 is 8.42 Å². The number of nitrogens with zero attached hydrogens (tertiary/aromatic N) is 6. The fourth-order valence-electron chi connectivity index (χ4n) is 3.41. The maximum Gasteiger partial charge on any atom is 0.208 e. The molecule has 2 N–H and O–H groups in total. The van der Waals surface area contributed by atoms with E-state index in [1.807, 2.05) is 57.0 Å². The molecule has 34 heavy (non-hydrogen) atoms. The predicted molar refractivity (Wildman–Crippen MR) is 132 cm³/mol. The van der Waals surface area contributed by atoms with Gasteiger partial charge in [-0.25, -0.2) is 23.1 Å². The van der Waals surface area contributed by atoms with Crippen LogP contribution in [0, 0.1) is 0 Å². The lowest BCUT2D eigenvalue weighted by Gasteiger charge is -2.14. The zero-order chi connectivity index (χ0) is 24.3. The minimum atomic E-state index is -3.27. The van der Waals surface area contributed by atoms with Gasteiger partial charge in [0.05, 0.1) is 18.6 Å². The quantitative estimate of drug-likeness (QED) is 0.380. The molecule has 0 unspecified atom stereocenters. The smallest absolute Gasteiger partial charge is 0.208 e. The maximum atomic E-state index is 11.3. The number of rotatable bonds is 9. The minimum absolute atomic E-state index is 0.234. The Kier molecular flexibility index (Phi) is 6.57. The second-order valence-corrected chi connectivity index (χ2v) is 9.82. The number of nitrogens with one attached hydrogen (secondary N) is 2. The predicted octanol–water partition coefficient (Wildman–Crippen LogP) is 2.81. The summed E-state index contributed by atoms with van der Waals surface area (Å²) in [7, 11) is 0.447. The van der Waals surface area contributed by atoms with Crippen molar-refractivity contribution >= 4 is 15.8 Å². The summed E-state index contributed by atoms with van der Waals surface area (Å²) in [6.07, 6.45) is 10.6. The highest BCUT2D eigenvalue weighted by Crippen LogP contribution is 2.30. The lowest BCUT2D eigenvalue weighted by atomic mass is 10.1. The first-order valence-electron chi connectivity index (χ1n) is 10.5. The van der Waals surface area contributed by atoms with Gasteiger partial charge in [0.15, 0.2) is 5.82 Å². The number of hydrogen-bond donors (Lipinski definition) is 2. The number of anilines is 1. The van der Waals surface area contributed by atoms with Gasteiger partial charge in [-0.05, 0) is 11.6 Å². The summed E-state index contributed by atoms with van der Waals surface area (Å²) in [5.41, 5.74) is 5.10. The van der Waals surface area contributed by atoms with Gasteiger partial charge < -0.3 is 5.32 Å². The first-order chi connectivity index (χ1) is 16.2. The highest BCUT2D eigenvalue weighted by Gasteiger charge is 2.14. The lowest BCUT2D eigenvalue weighted by Crippen LogP contribution is -2.24. The third-order valence-corrected chi connectivity index (χ3v) is 5.78. The Morgan fingerprint density at radius 1 is 1.00 bits per heavy atom. The highest BCUT2D eigenvalue weighted by molar-refractivity contribution is 7.88. The van der Waals surface area contributed by atoms with E-state index >= 15 is 0 Å². The van der Waals surface area contributed by atoms with Crippen molar-refractivity contribution in [3.8, 4) is 33.6 Å². The SMILES string of the molecule is C=C(CCNS(C)(=O)=O)Nc1nc(-c2cccc(-c3cnn(C)c3)c2)ncc1-c1cnn(C)c1. The van der Waals surface area contributed by atoms with Crippen molar-refractivity contribution in [2.75, 3.05) is 18.1 Å². The fourth-order valence-corrected chi connectivity index (χ4v) is 3.89. The molecule has 0 aliphatic carbocycles. The largest absolute Gasteiger partial charge is 0.344 e. The van der Waals surface area contributed by atoms with Gasteiger partial charge in [0.1, 0.15) is 5.82 Å². The zero-order valence-corrected chi connectivity index (χ0v) is 20.0. The van der Waals surface area contributed by atoms with Crippen LogP contribution in [0.1, 0.15) is 6.42 Å². The van der Waals surface area contributed by atoms with Crippen LogP contribution in [0.5, 0.6) is 0 Å². The lowest BCUT2D eigenvalue weighted by molar-refractivity contribution is 0.588. The zero-order valence-electron chi connectivity index (χ0n) is 19.2. The molecule has 4 aromatic rings. The third-order valence-electron chi connectivity index (χ3n) is 5.05. The van der Waals surface area contributed by atoms with Crippen LogP contribution in [0.4, 0.5) is 5.82 Å². The van der Waals surface area contributed by atoms with Crippen LogP contribution in [0.2, 0.25) is 0 Å². The van der Waals surface area contributed by atoms with Crippen LogP contribution in [0.25, 0.3) is 33.6 Å². The molecule has 0 amide bonds. The monoisotopic (exact) mass is 478 g/mol. The molecular formula is C23H26N8O2S. The van der Waals surface area contributed by atoms with E-state index in [1.54, 1.807) is 21.8 Å². The number of hydrogen-bond acceptors (Lipinski definition) is 7. The average Bonchev–Trinajstić information content (AvgIpc) is 3.41. The Labute approximate surface area is 198 Å². The number of aryl methyl sites for hydroxylation is 2. The average molecular weight is 479 g/mol. The summed E-state index contributed by atoms with van der Waals surface area (Å²) < 4.78 is 28.6. The van der Waals surface area contributed by atoms with E-state index in [0.29, 0.717) is 23.8 Å². The van der Waals surface area contributed by atoms with E-state index in [1.165, 1.54) is 0 Å². The fraction of sp³-hybridized carbons (Fsp3) is 0.217. The van der Waals surface area contributed by atoms with Gasteiger partial charge in [-0.15, -0.1) is 0 Å². The molecule has 0 fully saturated rings. The number of aromatic nitrogens is 6. The molecule has 0 aliphatic rings. The first-order valence-corrected chi connectivity index (χ1v) is 12.4. The molecule has 0 radical (unpaired) electrons. The Bertz CT molecular complexity index is 1440. The first kappa shape index (κ1) is 23.3. The van der Waals surface area contributed by atoms with Crippen molar-refractivity contribution in [3.05, 3.63) is 67.5 Å². The summed E-state index contributed by atoms with van der Waals surface area (Å²) in [5.74, 6) is 1.11. The standard InChI is InChI=1S/C23H26N8O2S/c1-16(8-9-27-34(4,32)33)28-23-21(20-12-26-31(3)15-20)13-24-22(29-23)18-7-5-6-17(10-18)19-11-25-30(2)14-19/h5-7,10-15,27H,1,8-9H2,2-4H3,(H,24,28,29). The molecule has 3 heterocycles. The normalized spacial score (nSPS) is 11.5. The summed E-state index contributed by atoms with van der Waals surface area (Å²) >= 11 is 0. The Hall–Kier alpha value is -3.83. The molecule has 4 rings (SSSR count). The van der Waals surface area contributed by atoms with Crippen molar-refractivity contribution in [1.82, 2.24) is 34.3 Å². The third kappa shape index (κ3) is 5.74. The van der Waals surface area contributed by atoms with Gasteiger partial charge in [0.25, 0.3) is 0 Å².